The van der Waals surface area contributed by atoms with E-state index in [1.807, 2.05) is 0 Å². The van der Waals surface area contributed by atoms with Crippen LogP contribution in [0.1, 0.15) is 136 Å². The smallest absolute Gasteiger partial charge is 0.0409 e. The molecule has 0 rings (SSSR count). The first-order chi connectivity index (χ1) is 24.1. The number of hydrogen-bond acceptors (Lipinski definition) is 13. The summed E-state index contributed by atoms with van der Waals surface area (Å²) in [5.74, 6) is 0. The lowest BCUT2D eigenvalue weighted by Gasteiger charge is -2.34. The van der Waals surface area contributed by atoms with Gasteiger partial charge in [-0.15, -0.1) is 0 Å². The summed E-state index contributed by atoms with van der Waals surface area (Å²) in [7, 11) is 7.45. The van der Waals surface area contributed by atoms with E-state index < -0.39 is 0 Å². The molecule has 13 heteroatoms. The highest BCUT2D eigenvalue weighted by molar-refractivity contribution is 7.78. The number of thiol groups is 1. The molecule has 0 unspecified atom stereocenters. The highest BCUT2D eigenvalue weighted by Gasteiger charge is 2.28. The molecule has 0 fully saturated rings. The summed E-state index contributed by atoms with van der Waals surface area (Å²) in [5.41, 5.74) is 40.4. The van der Waals surface area contributed by atoms with Crippen molar-refractivity contribution in [2.75, 3.05) is 87.1 Å². The Morgan fingerprint density at radius 2 is 0.640 bits per heavy atom. The van der Waals surface area contributed by atoms with Gasteiger partial charge in [-0.2, -0.15) is 0 Å². The van der Waals surface area contributed by atoms with Crippen molar-refractivity contribution in [2.24, 2.45) is 60.7 Å². The van der Waals surface area contributed by atoms with Crippen molar-refractivity contribution in [2.45, 2.75) is 136 Å². The molecule has 0 heterocycles. The predicted molar refractivity (Wildman–Crippen MR) is 232 cm³/mol. The number of nitrogens with zero attached hydrogens (tertiary/aromatic N) is 1. The Labute approximate surface area is 323 Å². The summed E-state index contributed by atoms with van der Waals surface area (Å²) in [6.45, 7) is 14.2. The lowest BCUT2D eigenvalue weighted by atomic mass is 9.73. The number of nitrogens with two attached hydrogens (primary N) is 7. The second-order valence-electron chi connectivity index (χ2n) is 13.7. The summed E-state index contributed by atoms with van der Waals surface area (Å²) in [4.78, 5) is 0. The molecule has 0 aromatic carbocycles. The molecule has 50 heavy (non-hydrogen) atoms. The van der Waals surface area contributed by atoms with Gasteiger partial charge in [-0.05, 0) is 173 Å². The zero-order chi connectivity index (χ0) is 39.4. The van der Waals surface area contributed by atoms with E-state index in [-0.39, 0.29) is 5.41 Å². The Bertz CT molecular complexity index is 536. The van der Waals surface area contributed by atoms with Crippen LogP contribution < -0.4 is 55.5 Å². The Kier molecular flexibility index (Phi) is 55.7. The van der Waals surface area contributed by atoms with Crippen LogP contribution in [0.4, 0.5) is 0 Å². The van der Waals surface area contributed by atoms with Gasteiger partial charge in [-0.25, -0.2) is 4.36 Å². The Hall–Kier alpha value is -0.0300. The number of nitrogens with one attached hydrogen (secondary N) is 3. The van der Waals surface area contributed by atoms with Crippen LogP contribution in [0.5, 0.6) is 0 Å². The van der Waals surface area contributed by atoms with Crippen molar-refractivity contribution in [1.82, 2.24) is 15.4 Å². The minimum Gasteiger partial charge on any atom is -0.330 e. The summed E-state index contributed by atoms with van der Waals surface area (Å²) in [6, 6.07) is 0. The highest BCUT2D eigenvalue weighted by Crippen LogP contribution is 2.38. The van der Waals surface area contributed by atoms with E-state index in [0.29, 0.717) is 37.0 Å². The third-order valence-corrected chi connectivity index (χ3v) is 9.72. The van der Waals surface area contributed by atoms with Gasteiger partial charge in [-0.3, -0.25) is 4.72 Å². The Morgan fingerprint density at radius 3 is 0.800 bits per heavy atom. The fourth-order valence-electron chi connectivity index (χ4n) is 6.83. The molecule has 0 aromatic heterocycles. The largest absolute Gasteiger partial charge is 0.330 e. The summed E-state index contributed by atoms with van der Waals surface area (Å²) >= 11 is 7.56. The fourth-order valence-corrected chi connectivity index (χ4v) is 6.83. The quantitative estimate of drug-likeness (QED) is 0.0475. The van der Waals surface area contributed by atoms with Crippen LogP contribution in [0, 0.1) is 16.2 Å². The van der Waals surface area contributed by atoms with Gasteiger partial charge in [0, 0.05) is 19.5 Å². The molecule has 0 aliphatic carbocycles. The molecule has 11 nitrogen and oxygen atoms in total. The van der Waals surface area contributed by atoms with Gasteiger partial charge >= 0.3 is 0 Å². The molecule has 0 aliphatic rings. The van der Waals surface area contributed by atoms with E-state index in [9.17, 15) is 0 Å². The van der Waals surface area contributed by atoms with Gasteiger partial charge in [0.15, 0.2) is 0 Å². The number of hydrogen-bond donors (Lipinski definition) is 11. The zero-order valence-corrected chi connectivity index (χ0v) is 36.1. The van der Waals surface area contributed by atoms with Crippen LogP contribution in [0.2, 0.25) is 0 Å². The maximum atomic E-state index is 5.67. The van der Waals surface area contributed by atoms with Crippen molar-refractivity contribution in [3.8, 4) is 0 Å². The standard InChI is InChI=1S/C15H34N2.C11H27N3.C9H24N4.CH5NS.CH3NS/c1-5-7-9-15(10-8-6-2,11-13-16-3)12-14-17-4;1-2-3-4-11(5-8-12,6-9-13)7-10-14;10-5-1-9(2-6-11,3-7-12)4-8-13;2*1-2-3/h16-17H,5-14H2,1-4H3;2-10,12-14H2,1H3;1-8,10-13H2;2-3H,1H3;1H3. The molecule has 0 saturated heterocycles. The lowest BCUT2D eigenvalue weighted by Crippen LogP contribution is -2.32. The number of rotatable bonds is 29. The van der Waals surface area contributed by atoms with E-state index in [1.54, 1.807) is 14.1 Å². The molecule has 0 saturated carbocycles. The first-order valence-electron chi connectivity index (χ1n) is 19.8. The maximum Gasteiger partial charge on any atom is 0.0409 e. The fraction of sp³-hybridized carbons (Fsp3) is 1.00. The van der Waals surface area contributed by atoms with E-state index >= 15 is 0 Å². The summed E-state index contributed by atoms with van der Waals surface area (Å²) in [5, 5.41) is 6.66. The third-order valence-electron chi connectivity index (χ3n) is 9.72. The molecule has 0 aromatic rings. The summed E-state index contributed by atoms with van der Waals surface area (Å²) in [6.07, 6.45) is 21.8. The highest BCUT2D eigenvalue weighted by atomic mass is 32.1. The van der Waals surface area contributed by atoms with Gasteiger partial charge in [0.05, 0.1) is 0 Å². The average molecular weight is 756 g/mol. The van der Waals surface area contributed by atoms with Gasteiger partial charge < -0.3 is 50.8 Å². The van der Waals surface area contributed by atoms with Crippen molar-refractivity contribution >= 4 is 25.2 Å². The molecular formula is C37H93N11S2. The molecule has 308 valence electrons. The molecule has 0 spiro atoms. The molecule has 0 amide bonds. The van der Waals surface area contributed by atoms with Gasteiger partial charge in [-0.1, -0.05) is 72.1 Å². The molecule has 0 aliphatic heterocycles. The van der Waals surface area contributed by atoms with E-state index in [0.717, 1.165) is 77.7 Å². The van der Waals surface area contributed by atoms with Crippen LogP contribution in [0.25, 0.3) is 0 Å². The number of unbranched alkanes of at least 4 members (excludes halogenated alkanes) is 3. The van der Waals surface area contributed by atoms with Gasteiger partial charge in [0.2, 0.25) is 0 Å². The maximum absolute atomic E-state index is 5.67. The molecule has 17 N–H and O–H groups in total. The van der Waals surface area contributed by atoms with Crippen LogP contribution in [-0.4, -0.2) is 87.1 Å². The molecule has 0 bridgehead atoms. The minimum absolute atomic E-state index is 0.201. The normalized spacial score (nSPS) is 11.2. The van der Waals surface area contributed by atoms with Crippen LogP contribution >= 0.6 is 12.8 Å². The van der Waals surface area contributed by atoms with Crippen molar-refractivity contribution in [3.05, 3.63) is 0 Å². The predicted octanol–water partition coefficient (Wildman–Crippen LogP) is 4.55. The Morgan fingerprint density at radius 1 is 0.460 bits per heavy atom. The molecular weight excluding hydrogens is 663 g/mol. The van der Waals surface area contributed by atoms with Crippen molar-refractivity contribution < 1.29 is 0 Å². The van der Waals surface area contributed by atoms with Gasteiger partial charge in [0.25, 0.3) is 0 Å². The SMILES string of the molecule is CCCCC(CCCC)(CCNC)CCNC.CCCCC(CCN)(CCN)CCN.CN=S.CNS.NCCC(CCN)(CCN)CCN. The van der Waals surface area contributed by atoms with E-state index in [1.165, 1.54) is 70.6 Å². The lowest BCUT2D eigenvalue weighted by molar-refractivity contribution is 0.187. The van der Waals surface area contributed by atoms with Gasteiger partial charge in [0.1, 0.15) is 0 Å². The monoisotopic (exact) mass is 756 g/mol. The summed E-state index contributed by atoms with van der Waals surface area (Å²) < 4.78 is 5.53. The van der Waals surface area contributed by atoms with Crippen molar-refractivity contribution in [1.29, 1.82) is 0 Å². The second kappa shape index (κ2) is 47.0. The topological polar surface area (TPSA) is 231 Å². The third kappa shape index (κ3) is 37.7. The Balaban J connectivity index is -0.000000188. The first-order valence-corrected chi connectivity index (χ1v) is 20.6. The van der Waals surface area contributed by atoms with Crippen molar-refractivity contribution in [3.63, 3.8) is 0 Å². The molecule has 0 atom stereocenters. The minimum atomic E-state index is 0.201. The molecule has 0 radical (unpaired) electrons. The van der Waals surface area contributed by atoms with E-state index in [4.69, 9.17) is 40.1 Å². The average Bonchev–Trinajstić information content (AvgIpc) is 3.09. The first kappa shape index (κ1) is 59.3. The zero-order valence-electron chi connectivity index (χ0n) is 34.4. The van der Waals surface area contributed by atoms with Crippen LogP contribution in [-0.2, 0) is 12.4 Å². The van der Waals surface area contributed by atoms with Crippen LogP contribution in [0.15, 0.2) is 4.36 Å². The second-order valence-corrected chi connectivity index (χ2v) is 14.5. The van der Waals surface area contributed by atoms with E-state index in [2.05, 4.69) is 79.8 Å². The van der Waals surface area contributed by atoms with Crippen LogP contribution in [0.3, 0.4) is 0 Å².